The molecule has 1 atom stereocenters. The fraction of sp³-hybridized carbons (Fsp3) is 0.412. The van der Waals surface area contributed by atoms with Gasteiger partial charge in [-0.1, -0.05) is 29.8 Å². The average Bonchev–Trinajstić information content (AvgIpc) is 3.36. The largest absolute Gasteiger partial charge is 0.384 e. The summed E-state index contributed by atoms with van der Waals surface area (Å²) in [6.45, 7) is 2.98. The van der Waals surface area contributed by atoms with Crippen molar-refractivity contribution in [3.8, 4) is 0 Å². The molecule has 0 amide bonds. The van der Waals surface area contributed by atoms with Crippen molar-refractivity contribution >= 4 is 23.2 Å². The van der Waals surface area contributed by atoms with Crippen LogP contribution in [-0.2, 0) is 5.60 Å². The Morgan fingerprint density at radius 1 is 1.22 bits per heavy atom. The van der Waals surface area contributed by atoms with Crippen LogP contribution in [0.1, 0.15) is 25.3 Å². The van der Waals surface area contributed by atoms with Crippen molar-refractivity contribution in [2.75, 3.05) is 23.7 Å². The van der Waals surface area contributed by atoms with E-state index in [0.717, 1.165) is 18.3 Å². The van der Waals surface area contributed by atoms with E-state index in [1.165, 1.54) is 19.2 Å². The summed E-state index contributed by atoms with van der Waals surface area (Å²) in [5, 5.41) is 17.7. The van der Waals surface area contributed by atoms with Crippen LogP contribution in [-0.4, -0.2) is 28.2 Å². The fourth-order valence-corrected chi connectivity index (χ4v) is 2.72. The smallest absolute Gasteiger partial charge is 0.131 e. The van der Waals surface area contributed by atoms with Crippen LogP contribution in [0.25, 0.3) is 0 Å². The Morgan fingerprint density at radius 3 is 2.61 bits per heavy atom. The lowest BCUT2D eigenvalue weighted by atomic mass is 9.96. The summed E-state index contributed by atoms with van der Waals surface area (Å²) in [4.78, 5) is 8.40. The lowest BCUT2D eigenvalue weighted by Gasteiger charge is -2.25. The molecule has 2 aromatic rings. The summed E-state index contributed by atoms with van der Waals surface area (Å²) < 4.78 is 0. The Balaban J connectivity index is 1.62. The second kappa shape index (κ2) is 6.72. The molecular weight excluding hydrogens is 312 g/mol. The quantitative estimate of drug-likeness (QED) is 0.726. The van der Waals surface area contributed by atoms with Crippen molar-refractivity contribution in [2.24, 2.45) is 5.92 Å². The van der Waals surface area contributed by atoms with Gasteiger partial charge in [0.1, 0.15) is 23.6 Å². The topological polar surface area (TPSA) is 70.1 Å². The van der Waals surface area contributed by atoms with Crippen molar-refractivity contribution in [1.82, 2.24) is 9.97 Å². The minimum atomic E-state index is -1.09. The van der Waals surface area contributed by atoms with Gasteiger partial charge in [0.05, 0.1) is 0 Å². The third kappa shape index (κ3) is 4.33. The lowest BCUT2D eigenvalue weighted by Crippen LogP contribution is -2.31. The molecule has 23 heavy (non-hydrogen) atoms. The number of halogens is 1. The monoisotopic (exact) mass is 332 g/mol. The molecule has 1 saturated carbocycles. The molecule has 3 rings (SSSR count). The molecular formula is C17H21ClN4O. The number of rotatable bonds is 7. The highest BCUT2D eigenvalue weighted by Gasteiger charge is 2.25. The average molecular weight is 333 g/mol. The van der Waals surface area contributed by atoms with Gasteiger partial charge >= 0.3 is 0 Å². The van der Waals surface area contributed by atoms with Crippen LogP contribution in [0.3, 0.4) is 0 Å². The normalized spacial score (nSPS) is 16.7. The van der Waals surface area contributed by atoms with Gasteiger partial charge in [-0.25, -0.2) is 9.97 Å². The van der Waals surface area contributed by atoms with Crippen LogP contribution in [0.15, 0.2) is 36.7 Å². The number of hydrogen-bond donors (Lipinski definition) is 3. The zero-order valence-corrected chi connectivity index (χ0v) is 13.8. The van der Waals surface area contributed by atoms with Gasteiger partial charge in [0, 0.05) is 29.7 Å². The molecule has 1 aliphatic carbocycles. The lowest BCUT2D eigenvalue weighted by molar-refractivity contribution is 0.0715. The van der Waals surface area contributed by atoms with E-state index in [9.17, 15) is 5.11 Å². The highest BCUT2D eigenvalue weighted by Crippen LogP contribution is 2.29. The van der Waals surface area contributed by atoms with E-state index in [1.54, 1.807) is 13.0 Å². The predicted molar refractivity (Wildman–Crippen MR) is 92.8 cm³/mol. The maximum absolute atomic E-state index is 10.7. The number of anilines is 2. The summed E-state index contributed by atoms with van der Waals surface area (Å²) in [5.41, 5.74) is -0.402. The Hall–Kier alpha value is -1.85. The Labute approximate surface area is 141 Å². The fourth-order valence-electron chi connectivity index (χ4n) is 2.38. The standard InChI is InChI=1S/C17H21ClN4O/c1-17(23,13-4-2-3-5-14(13)18)10-20-16-8-15(21-11-22-16)19-9-12-6-7-12/h2-5,8,11-12,23H,6-7,9-10H2,1H3,(H2,19,20,21,22). The van der Waals surface area contributed by atoms with E-state index in [0.29, 0.717) is 22.9 Å². The summed E-state index contributed by atoms with van der Waals surface area (Å²) >= 11 is 6.17. The highest BCUT2D eigenvalue weighted by molar-refractivity contribution is 6.31. The van der Waals surface area contributed by atoms with Crippen molar-refractivity contribution < 1.29 is 5.11 Å². The number of hydrogen-bond acceptors (Lipinski definition) is 5. The molecule has 1 unspecified atom stereocenters. The van der Waals surface area contributed by atoms with Crippen LogP contribution < -0.4 is 10.6 Å². The van der Waals surface area contributed by atoms with Gasteiger partial charge in [0.2, 0.25) is 0 Å². The van der Waals surface area contributed by atoms with E-state index in [1.807, 2.05) is 24.3 Å². The summed E-state index contributed by atoms with van der Waals surface area (Å²) in [5.74, 6) is 2.25. The molecule has 0 saturated heterocycles. The van der Waals surface area contributed by atoms with Crippen LogP contribution >= 0.6 is 11.6 Å². The third-order valence-corrected chi connectivity index (χ3v) is 4.33. The first-order valence-corrected chi connectivity index (χ1v) is 8.19. The van der Waals surface area contributed by atoms with Crippen molar-refractivity contribution in [3.05, 3.63) is 47.2 Å². The molecule has 1 aromatic heterocycles. The second-order valence-corrected chi connectivity index (χ2v) is 6.63. The molecule has 6 heteroatoms. The van der Waals surface area contributed by atoms with Crippen molar-refractivity contribution in [2.45, 2.75) is 25.4 Å². The zero-order valence-electron chi connectivity index (χ0n) is 13.1. The van der Waals surface area contributed by atoms with Gasteiger partial charge < -0.3 is 15.7 Å². The van der Waals surface area contributed by atoms with Gasteiger partial charge in [-0.2, -0.15) is 0 Å². The van der Waals surface area contributed by atoms with Crippen LogP contribution in [0.5, 0.6) is 0 Å². The molecule has 122 valence electrons. The minimum absolute atomic E-state index is 0.301. The van der Waals surface area contributed by atoms with E-state index in [2.05, 4.69) is 20.6 Å². The van der Waals surface area contributed by atoms with Crippen LogP contribution in [0.4, 0.5) is 11.6 Å². The Morgan fingerprint density at radius 2 is 1.91 bits per heavy atom. The first-order chi connectivity index (χ1) is 11.0. The van der Waals surface area contributed by atoms with Crippen LogP contribution in [0, 0.1) is 5.92 Å². The van der Waals surface area contributed by atoms with E-state index in [-0.39, 0.29) is 0 Å². The van der Waals surface area contributed by atoms with Crippen molar-refractivity contribution in [3.63, 3.8) is 0 Å². The first-order valence-electron chi connectivity index (χ1n) is 7.82. The summed E-state index contributed by atoms with van der Waals surface area (Å²) in [7, 11) is 0. The van der Waals surface area contributed by atoms with Gasteiger partial charge in [-0.15, -0.1) is 0 Å². The highest BCUT2D eigenvalue weighted by atomic mass is 35.5. The Kier molecular flexibility index (Phi) is 4.68. The zero-order chi connectivity index (χ0) is 16.3. The van der Waals surface area contributed by atoms with Crippen LogP contribution in [0.2, 0.25) is 5.02 Å². The molecule has 1 heterocycles. The van der Waals surface area contributed by atoms with Gasteiger partial charge in [-0.05, 0) is 31.7 Å². The maximum atomic E-state index is 10.7. The number of aliphatic hydroxyl groups is 1. The number of benzene rings is 1. The number of nitrogens with zero attached hydrogens (tertiary/aromatic N) is 2. The number of aromatic nitrogens is 2. The summed E-state index contributed by atoms with van der Waals surface area (Å²) in [6.07, 6.45) is 4.11. The molecule has 3 N–H and O–H groups in total. The molecule has 0 radical (unpaired) electrons. The van der Waals surface area contributed by atoms with Gasteiger partial charge in [-0.3, -0.25) is 0 Å². The second-order valence-electron chi connectivity index (χ2n) is 6.22. The van der Waals surface area contributed by atoms with Gasteiger partial charge in [0.15, 0.2) is 0 Å². The molecule has 1 aliphatic rings. The van der Waals surface area contributed by atoms with Crippen molar-refractivity contribution in [1.29, 1.82) is 0 Å². The van der Waals surface area contributed by atoms with E-state index in [4.69, 9.17) is 11.6 Å². The third-order valence-electron chi connectivity index (χ3n) is 4.00. The molecule has 1 aromatic carbocycles. The molecule has 0 spiro atoms. The molecule has 1 fully saturated rings. The first kappa shape index (κ1) is 16.0. The Bertz CT molecular complexity index is 673. The molecule has 5 nitrogen and oxygen atoms in total. The molecule has 0 aliphatic heterocycles. The maximum Gasteiger partial charge on any atom is 0.131 e. The number of nitrogens with one attached hydrogen (secondary N) is 2. The van der Waals surface area contributed by atoms with Gasteiger partial charge in [0.25, 0.3) is 0 Å². The molecule has 0 bridgehead atoms. The SMILES string of the molecule is CC(O)(CNc1cc(NCC2CC2)ncn1)c1ccccc1Cl. The summed E-state index contributed by atoms with van der Waals surface area (Å²) in [6, 6.07) is 9.16. The van der Waals surface area contributed by atoms with E-state index < -0.39 is 5.60 Å². The minimum Gasteiger partial charge on any atom is -0.384 e. The van der Waals surface area contributed by atoms with E-state index >= 15 is 0 Å². The predicted octanol–water partition coefficient (Wildman–Crippen LogP) is 3.27.